The van der Waals surface area contributed by atoms with E-state index in [0.29, 0.717) is 30.4 Å². The molecule has 0 spiro atoms. The van der Waals surface area contributed by atoms with Crippen LogP contribution in [0, 0.1) is 0 Å². The number of nitrogens with zero attached hydrogens (tertiary/aromatic N) is 3. The van der Waals surface area contributed by atoms with E-state index in [4.69, 9.17) is 34.8 Å². The van der Waals surface area contributed by atoms with Gasteiger partial charge in [-0.05, 0) is 31.9 Å². The molecular formula is C18H21Cl3N4O3S. The van der Waals surface area contributed by atoms with Crippen molar-refractivity contribution in [2.45, 2.75) is 44.2 Å². The van der Waals surface area contributed by atoms with Crippen LogP contribution in [-0.4, -0.2) is 41.5 Å². The van der Waals surface area contributed by atoms with E-state index in [-0.39, 0.29) is 27.0 Å². The number of halogens is 3. The Morgan fingerprint density at radius 1 is 1.10 bits per heavy atom. The maximum absolute atomic E-state index is 13.0. The summed E-state index contributed by atoms with van der Waals surface area (Å²) < 4.78 is 29.1. The molecule has 0 unspecified atom stereocenters. The Hall–Kier alpha value is -1.32. The Bertz CT molecular complexity index is 1020. The number of rotatable bonds is 6. The van der Waals surface area contributed by atoms with E-state index in [1.54, 1.807) is 4.68 Å². The SMILES string of the molecule is CCn1ncc(Cl)c1CNC(=O)c1cc(S(=O)(=O)N2CCCCC2)c(Cl)cc1Cl. The third-order valence-electron chi connectivity index (χ3n) is 4.81. The van der Waals surface area contributed by atoms with Crippen molar-refractivity contribution in [3.63, 3.8) is 0 Å². The molecule has 7 nitrogen and oxygen atoms in total. The molecule has 2 heterocycles. The van der Waals surface area contributed by atoms with Crippen molar-refractivity contribution in [3.05, 3.63) is 44.7 Å². The third kappa shape index (κ3) is 4.72. The summed E-state index contributed by atoms with van der Waals surface area (Å²) in [6.45, 7) is 3.49. The van der Waals surface area contributed by atoms with Gasteiger partial charge >= 0.3 is 0 Å². The molecule has 1 saturated heterocycles. The second-order valence-electron chi connectivity index (χ2n) is 6.66. The standard InChI is InChI=1S/C18H21Cl3N4O3S/c1-2-25-16(15(21)10-23-25)11-22-18(26)12-8-17(14(20)9-13(12)19)29(27,28)24-6-4-3-5-7-24/h8-10H,2-7,11H2,1H3,(H,22,26). The molecule has 0 saturated carbocycles. The van der Waals surface area contributed by atoms with Gasteiger partial charge in [-0.1, -0.05) is 41.2 Å². The molecule has 3 rings (SSSR count). The van der Waals surface area contributed by atoms with Gasteiger partial charge in [0.15, 0.2) is 0 Å². The summed E-state index contributed by atoms with van der Waals surface area (Å²) in [5, 5.41) is 7.33. The first-order valence-corrected chi connectivity index (χ1v) is 11.8. The van der Waals surface area contributed by atoms with Gasteiger partial charge in [0.05, 0.1) is 39.1 Å². The van der Waals surface area contributed by atoms with E-state index in [2.05, 4.69) is 10.4 Å². The zero-order valence-electron chi connectivity index (χ0n) is 15.8. The largest absolute Gasteiger partial charge is 0.346 e. The van der Waals surface area contributed by atoms with Gasteiger partial charge in [0.25, 0.3) is 5.91 Å². The summed E-state index contributed by atoms with van der Waals surface area (Å²) in [5.74, 6) is -0.526. The maximum atomic E-state index is 13.0. The first kappa shape index (κ1) is 22.4. The normalized spacial score (nSPS) is 15.4. The number of carbonyl (C=O) groups excluding carboxylic acids is 1. The lowest BCUT2D eigenvalue weighted by Crippen LogP contribution is -2.36. The summed E-state index contributed by atoms with van der Waals surface area (Å²) in [6, 6.07) is 2.53. The minimum atomic E-state index is -3.81. The van der Waals surface area contributed by atoms with Crippen molar-refractivity contribution in [1.29, 1.82) is 0 Å². The van der Waals surface area contributed by atoms with E-state index in [0.717, 1.165) is 19.3 Å². The van der Waals surface area contributed by atoms with E-state index in [9.17, 15) is 13.2 Å². The summed E-state index contributed by atoms with van der Waals surface area (Å²) in [4.78, 5) is 12.6. The van der Waals surface area contributed by atoms with Crippen LogP contribution in [0.2, 0.25) is 15.1 Å². The summed E-state index contributed by atoms with van der Waals surface area (Å²) in [7, 11) is -3.81. The Labute approximate surface area is 185 Å². The zero-order valence-corrected chi connectivity index (χ0v) is 18.9. The van der Waals surface area contributed by atoms with Crippen molar-refractivity contribution < 1.29 is 13.2 Å². The predicted molar refractivity (Wildman–Crippen MR) is 113 cm³/mol. The van der Waals surface area contributed by atoms with E-state index < -0.39 is 15.9 Å². The van der Waals surface area contributed by atoms with Crippen molar-refractivity contribution in [2.75, 3.05) is 13.1 Å². The van der Waals surface area contributed by atoms with Crippen LogP contribution in [0.15, 0.2) is 23.2 Å². The first-order chi connectivity index (χ1) is 13.8. The Kier molecular flexibility index (Phi) is 7.11. The molecular weight excluding hydrogens is 459 g/mol. The van der Waals surface area contributed by atoms with Gasteiger partial charge in [-0.3, -0.25) is 9.48 Å². The number of hydrogen-bond acceptors (Lipinski definition) is 4. The number of nitrogens with one attached hydrogen (secondary N) is 1. The Morgan fingerprint density at radius 2 is 1.79 bits per heavy atom. The molecule has 0 aliphatic carbocycles. The summed E-state index contributed by atoms with van der Waals surface area (Å²) in [5.41, 5.74) is 0.680. The van der Waals surface area contributed by atoms with E-state index in [1.807, 2.05) is 6.92 Å². The molecule has 1 aliphatic rings. The highest BCUT2D eigenvalue weighted by Crippen LogP contribution is 2.32. The molecule has 2 aromatic rings. The average molecular weight is 480 g/mol. The zero-order chi connectivity index (χ0) is 21.2. The fourth-order valence-corrected chi connectivity index (χ4v) is 5.80. The number of carbonyl (C=O) groups is 1. The summed E-state index contributed by atoms with van der Waals surface area (Å²) in [6.07, 6.45) is 4.09. The van der Waals surface area contributed by atoms with E-state index in [1.165, 1.54) is 22.6 Å². The smallest absolute Gasteiger partial charge is 0.253 e. The van der Waals surface area contributed by atoms with Crippen molar-refractivity contribution in [1.82, 2.24) is 19.4 Å². The third-order valence-corrected chi connectivity index (χ3v) is 7.80. The number of aromatic nitrogens is 2. The van der Waals surface area contributed by atoms with Gasteiger partial charge in [0, 0.05) is 19.6 Å². The fraction of sp³-hybridized carbons (Fsp3) is 0.444. The maximum Gasteiger partial charge on any atom is 0.253 e. The highest BCUT2D eigenvalue weighted by molar-refractivity contribution is 7.89. The topological polar surface area (TPSA) is 84.3 Å². The molecule has 1 fully saturated rings. The van der Waals surface area contributed by atoms with Crippen LogP contribution in [0.3, 0.4) is 0 Å². The Morgan fingerprint density at radius 3 is 2.45 bits per heavy atom. The quantitative estimate of drug-likeness (QED) is 0.679. The van der Waals surface area contributed by atoms with Crippen molar-refractivity contribution in [2.24, 2.45) is 0 Å². The number of sulfonamides is 1. The van der Waals surface area contributed by atoms with Gasteiger partial charge in [0.1, 0.15) is 4.90 Å². The van der Waals surface area contributed by atoms with E-state index >= 15 is 0 Å². The van der Waals surface area contributed by atoms with Gasteiger partial charge in [-0.25, -0.2) is 8.42 Å². The second-order valence-corrected chi connectivity index (χ2v) is 9.79. The van der Waals surface area contributed by atoms with Gasteiger partial charge in [-0.15, -0.1) is 0 Å². The molecule has 1 aromatic heterocycles. The molecule has 29 heavy (non-hydrogen) atoms. The molecule has 1 aromatic carbocycles. The van der Waals surface area contributed by atoms with Gasteiger partial charge < -0.3 is 5.32 Å². The molecule has 1 amide bonds. The molecule has 0 bridgehead atoms. The number of benzene rings is 1. The van der Waals surface area contributed by atoms with Crippen molar-refractivity contribution in [3.8, 4) is 0 Å². The molecule has 158 valence electrons. The van der Waals surface area contributed by atoms with Crippen LogP contribution in [0.25, 0.3) is 0 Å². The van der Waals surface area contributed by atoms with Crippen LogP contribution >= 0.6 is 34.8 Å². The minimum Gasteiger partial charge on any atom is -0.346 e. The lowest BCUT2D eigenvalue weighted by atomic mass is 10.2. The predicted octanol–water partition coefficient (Wildman–Crippen LogP) is 3.97. The number of amides is 1. The lowest BCUT2D eigenvalue weighted by Gasteiger charge is -2.26. The first-order valence-electron chi connectivity index (χ1n) is 9.23. The fourth-order valence-electron chi connectivity index (χ4n) is 3.24. The molecule has 0 atom stereocenters. The van der Waals surface area contributed by atoms with Crippen LogP contribution in [0.5, 0.6) is 0 Å². The molecule has 1 aliphatic heterocycles. The number of piperidine rings is 1. The van der Waals surface area contributed by atoms with Crippen LogP contribution < -0.4 is 5.32 Å². The second kappa shape index (κ2) is 9.22. The Balaban J connectivity index is 1.86. The van der Waals surface area contributed by atoms with Crippen LogP contribution in [0.4, 0.5) is 0 Å². The molecule has 0 radical (unpaired) electrons. The highest BCUT2D eigenvalue weighted by atomic mass is 35.5. The number of aryl methyl sites for hydroxylation is 1. The van der Waals surface area contributed by atoms with Gasteiger partial charge in [0.2, 0.25) is 10.0 Å². The highest BCUT2D eigenvalue weighted by Gasteiger charge is 2.29. The van der Waals surface area contributed by atoms with Gasteiger partial charge in [-0.2, -0.15) is 9.40 Å². The minimum absolute atomic E-state index is 0.00997. The monoisotopic (exact) mass is 478 g/mol. The average Bonchev–Trinajstić information content (AvgIpc) is 3.06. The lowest BCUT2D eigenvalue weighted by molar-refractivity contribution is 0.0950. The van der Waals surface area contributed by atoms with Crippen LogP contribution in [-0.2, 0) is 23.1 Å². The van der Waals surface area contributed by atoms with Crippen molar-refractivity contribution >= 4 is 50.7 Å². The number of hydrogen-bond donors (Lipinski definition) is 1. The molecule has 11 heteroatoms. The van der Waals surface area contributed by atoms with Crippen LogP contribution in [0.1, 0.15) is 42.2 Å². The molecule has 1 N–H and O–H groups in total. The summed E-state index contributed by atoms with van der Waals surface area (Å²) >= 11 is 18.5.